The molecule has 0 aliphatic rings. The first-order valence-electron chi connectivity index (χ1n) is 10.2. The number of ether oxygens (including phenoxy) is 1. The third kappa shape index (κ3) is 4.22. The smallest absolute Gasteiger partial charge is 0.171 e. The Morgan fingerprint density at radius 2 is 1.72 bits per heavy atom. The van der Waals surface area contributed by atoms with Crippen LogP contribution in [0.15, 0.2) is 101 Å². The Morgan fingerprint density at radius 1 is 0.938 bits per heavy atom. The molecule has 0 unspecified atom stereocenters. The average Bonchev–Trinajstić information content (AvgIpc) is 3.25. The molecule has 1 aromatic heterocycles. The molecule has 32 heavy (non-hydrogen) atoms. The number of nitrogens with one attached hydrogen (secondary N) is 1. The fourth-order valence-corrected chi connectivity index (χ4v) is 4.36. The predicted molar refractivity (Wildman–Crippen MR) is 130 cm³/mol. The molecule has 1 N–H and O–H groups in total. The van der Waals surface area contributed by atoms with Gasteiger partial charge in [0, 0.05) is 5.56 Å². The maximum absolute atomic E-state index is 9.72. The number of thioether (sulfide) groups is 1. The molecule has 5 rings (SSSR count). The maximum Gasteiger partial charge on any atom is 0.171 e. The first-order valence-corrected chi connectivity index (χ1v) is 11.0. The molecule has 5 heteroatoms. The first-order chi connectivity index (χ1) is 15.8. The van der Waals surface area contributed by atoms with E-state index in [1.807, 2.05) is 72.8 Å². The zero-order chi connectivity index (χ0) is 21.8. The Labute approximate surface area is 190 Å². The Bertz CT molecular complexity index is 1440. The van der Waals surface area contributed by atoms with E-state index in [0.717, 1.165) is 27.9 Å². The van der Waals surface area contributed by atoms with Gasteiger partial charge in [-0.15, -0.1) is 0 Å². The van der Waals surface area contributed by atoms with Crippen LogP contribution in [0.5, 0.6) is 5.75 Å². The van der Waals surface area contributed by atoms with Gasteiger partial charge in [-0.2, -0.15) is 5.26 Å². The van der Waals surface area contributed by atoms with Crippen molar-refractivity contribution in [3.8, 4) is 11.8 Å². The number of nitriles is 1. The minimum absolute atomic E-state index is 0.449. The van der Waals surface area contributed by atoms with Crippen molar-refractivity contribution < 1.29 is 4.74 Å². The lowest BCUT2D eigenvalue weighted by Gasteiger charge is -2.11. The number of aromatic amines is 1. The highest BCUT2D eigenvalue weighted by molar-refractivity contribution is 8.03. The summed E-state index contributed by atoms with van der Waals surface area (Å²) in [5.41, 5.74) is 3.81. The summed E-state index contributed by atoms with van der Waals surface area (Å²) < 4.78 is 6.19. The number of fused-ring (bicyclic) bond motifs is 2. The van der Waals surface area contributed by atoms with E-state index in [1.54, 1.807) is 0 Å². The van der Waals surface area contributed by atoms with Crippen LogP contribution in [0.1, 0.15) is 11.1 Å². The molecular formula is C27H19N3OS. The zero-order valence-corrected chi connectivity index (χ0v) is 18.0. The van der Waals surface area contributed by atoms with E-state index in [4.69, 9.17) is 4.74 Å². The highest BCUT2D eigenvalue weighted by atomic mass is 32.2. The standard InChI is InChI=1S/C27H19N3OS/c28-17-22(32-27-29-24-13-4-5-14-25(24)30-27)16-20-9-2-6-15-26(20)31-18-21-11-7-10-19-8-1-3-12-23(19)21/h1-16H,18H2,(H,29,30)/b22-16-. The number of imidazole rings is 1. The van der Waals surface area contributed by atoms with Crippen molar-refractivity contribution >= 4 is 39.6 Å². The van der Waals surface area contributed by atoms with Crippen LogP contribution in [0.3, 0.4) is 0 Å². The molecule has 0 spiro atoms. The van der Waals surface area contributed by atoms with Gasteiger partial charge in [0.2, 0.25) is 0 Å². The molecule has 1 heterocycles. The minimum Gasteiger partial charge on any atom is -0.488 e. The van der Waals surface area contributed by atoms with E-state index in [9.17, 15) is 5.26 Å². The predicted octanol–water partition coefficient (Wildman–Crippen LogP) is 6.95. The summed E-state index contributed by atoms with van der Waals surface area (Å²) in [5.74, 6) is 0.735. The van der Waals surface area contributed by atoms with Crippen molar-refractivity contribution in [2.75, 3.05) is 0 Å². The molecule has 0 saturated heterocycles. The molecular weight excluding hydrogens is 414 g/mol. The normalized spacial score (nSPS) is 11.5. The van der Waals surface area contributed by atoms with Crippen LogP contribution in [-0.4, -0.2) is 9.97 Å². The second-order valence-electron chi connectivity index (χ2n) is 7.25. The Hall–Kier alpha value is -4.01. The fourth-order valence-electron chi connectivity index (χ4n) is 3.61. The van der Waals surface area contributed by atoms with Gasteiger partial charge in [-0.3, -0.25) is 0 Å². The number of hydrogen-bond donors (Lipinski definition) is 1. The second kappa shape index (κ2) is 9.01. The number of para-hydroxylation sites is 3. The number of allylic oxidation sites excluding steroid dienone is 1. The van der Waals surface area contributed by atoms with Crippen molar-refractivity contribution in [3.63, 3.8) is 0 Å². The van der Waals surface area contributed by atoms with E-state index in [0.29, 0.717) is 16.7 Å². The van der Waals surface area contributed by atoms with Crippen LogP contribution < -0.4 is 4.74 Å². The van der Waals surface area contributed by atoms with Crippen molar-refractivity contribution in [2.45, 2.75) is 11.8 Å². The van der Waals surface area contributed by atoms with E-state index in [1.165, 1.54) is 22.5 Å². The Kier molecular flexibility index (Phi) is 5.61. The summed E-state index contributed by atoms with van der Waals surface area (Å²) in [6.45, 7) is 0.449. The van der Waals surface area contributed by atoms with E-state index in [2.05, 4.69) is 40.3 Å². The van der Waals surface area contributed by atoms with Gasteiger partial charge in [0.05, 0.1) is 15.9 Å². The van der Waals surface area contributed by atoms with Gasteiger partial charge < -0.3 is 9.72 Å². The molecule has 0 saturated carbocycles. The lowest BCUT2D eigenvalue weighted by atomic mass is 10.1. The van der Waals surface area contributed by atoms with E-state index >= 15 is 0 Å². The van der Waals surface area contributed by atoms with Gasteiger partial charge in [-0.25, -0.2) is 4.98 Å². The van der Waals surface area contributed by atoms with Gasteiger partial charge in [-0.05, 0) is 52.4 Å². The third-order valence-corrected chi connectivity index (χ3v) is 5.97. The number of hydrogen-bond acceptors (Lipinski definition) is 4. The number of benzene rings is 4. The SMILES string of the molecule is N#C/C(=C/c1ccccc1OCc1cccc2ccccc12)Sc1nc2ccccc2[nH]1. The molecule has 154 valence electrons. The van der Waals surface area contributed by atoms with E-state index < -0.39 is 0 Å². The summed E-state index contributed by atoms with van der Waals surface area (Å²) in [4.78, 5) is 8.34. The highest BCUT2D eigenvalue weighted by Gasteiger charge is 2.09. The van der Waals surface area contributed by atoms with Crippen molar-refractivity contribution in [1.29, 1.82) is 5.26 Å². The number of H-pyrrole nitrogens is 1. The number of aromatic nitrogens is 2. The maximum atomic E-state index is 9.72. The summed E-state index contributed by atoms with van der Waals surface area (Å²) in [6.07, 6.45) is 1.84. The van der Waals surface area contributed by atoms with Gasteiger partial charge in [0.25, 0.3) is 0 Å². The molecule has 4 nitrogen and oxygen atoms in total. The molecule has 0 radical (unpaired) electrons. The van der Waals surface area contributed by atoms with Crippen LogP contribution >= 0.6 is 11.8 Å². The average molecular weight is 434 g/mol. The van der Waals surface area contributed by atoms with Crippen LogP contribution in [0.25, 0.3) is 27.9 Å². The Morgan fingerprint density at radius 3 is 2.62 bits per heavy atom. The van der Waals surface area contributed by atoms with Gasteiger partial charge in [0.1, 0.15) is 18.4 Å². The van der Waals surface area contributed by atoms with Crippen molar-refractivity contribution in [3.05, 3.63) is 107 Å². The van der Waals surface area contributed by atoms with Gasteiger partial charge in [0.15, 0.2) is 5.16 Å². The number of nitrogens with zero attached hydrogens (tertiary/aromatic N) is 2. The summed E-state index contributed by atoms with van der Waals surface area (Å²) in [7, 11) is 0. The molecule has 5 aromatic rings. The molecule has 4 aromatic carbocycles. The molecule has 0 aliphatic carbocycles. The zero-order valence-electron chi connectivity index (χ0n) is 17.2. The lowest BCUT2D eigenvalue weighted by Crippen LogP contribution is -1.98. The van der Waals surface area contributed by atoms with Crippen LogP contribution in [-0.2, 0) is 6.61 Å². The fraction of sp³-hybridized carbons (Fsp3) is 0.0370. The third-order valence-electron chi connectivity index (χ3n) is 5.15. The Balaban J connectivity index is 1.39. The molecule has 0 amide bonds. The summed E-state index contributed by atoms with van der Waals surface area (Å²) >= 11 is 1.31. The van der Waals surface area contributed by atoms with Crippen molar-refractivity contribution in [1.82, 2.24) is 9.97 Å². The van der Waals surface area contributed by atoms with E-state index in [-0.39, 0.29) is 0 Å². The number of rotatable bonds is 6. The largest absolute Gasteiger partial charge is 0.488 e. The van der Waals surface area contributed by atoms with Gasteiger partial charge in [-0.1, -0.05) is 72.8 Å². The monoisotopic (exact) mass is 433 g/mol. The highest BCUT2D eigenvalue weighted by Crippen LogP contribution is 2.30. The molecule has 0 aliphatic heterocycles. The first kappa shape index (κ1) is 19.9. The second-order valence-corrected chi connectivity index (χ2v) is 8.28. The minimum atomic E-state index is 0.449. The summed E-state index contributed by atoms with van der Waals surface area (Å²) in [6, 6.07) is 32.4. The van der Waals surface area contributed by atoms with Crippen LogP contribution in [0, 0.1) is 11.3 Å². The quantitative estimate of drug-likeness (QED) is 0.232. The topological polar surface area (TPSA) is 61.7 Å². The molecule has 0 atom stereocenters. The molecule has 0 bridgehead atoms. The lowest BCUT2D eigenvalue weighted by molar-refractivity contribution is 0.307. The summed E-state index contributed by atoms with van der Waals surface area (Å²) in [5, 5.41) is 12.8. The van der Waals surface area contributed by atoms with Crippen LogP contribution in [0.2, 0.25) is 0 Å². The van der Waals surface area contributed by atoms with Crippen LogP contribution in [0.4, 0.5) is 0 Å². The molecule has 0 fully saturated rings. The van der Waals surface area contributed by atoms with Gasteiger partial charge >= 0.3 is 0 Å². The van der Waals surface area contributed by atoms with Crippen molar-refractivity contribution in [2.24, 2.45) is 0 Å².